The lowest BCUT2D eigenvalue weighted by Gasteiger charge is -2.08. The largest absolute Gasteiger partial charge is 0.399 e. The molecule has 0 aliphatic rings. The van der Waals surface area contributed by atoms with E-state index < -0.39 is 20.0 Å². The van der Waals surface area contributed by atoms with Crippen LogP contribution < -0.4 is 15.2 Å². The van der Waals surface area contributed by atoms with Crippen molar-refractivity contribution in [3.63, 3.8) is 0 Å². The Labute approximate surface area is 138 Å². The first-order valence-corrected chi connectivity index (χ1v) is 9.83. The van der Waals surface area contributed by atoms with Crippen LogP contribution in [-0.2, 0) is 26.5 Å². The maximum Gasteiger partial charge on any atom is 0.212 e. The van der Waals surface area contributed by atoms with Crippen LogP contribution in [0, 0.1) is 0 Å². The van der Waals surface area contributed by atoms with Crippen LogP contribution in [0.2, 0.25) is 0 Å². The van der Waals surface area contributed by atoms with Crippen molar-refractivity contribution in [1.82, 2.24) is 9.44 Å². The quantitative estimate of drug-likeness (QED) is 0.532. The van der Waals surface area contributed by atoms with E-state index in [9.17, 15) is 16.8 Å². The number of sulfonamides is 2. The summed E-state index contributed by atoms with van der Waals surface area (Å²) in [7, 11) is -6.86. The summed E-state index contributed by atoms with van der Waals surface area (Å²) in [6.07, 6.45) is 0.542. The molecule has 1 rings (SSSR count). The number of halogens is 1. The number of hydrogen-bond donors (Lipinski definition) is 3. The lowest BCUT2D eigenvalue weighted by atomic mass is 10.1. The van der Waals surface area contributed by atoms with Gasteiger partial charge in [0.15, 0.2) is 0 Å². The molecule has 0 fully saturated rings. The number of benzene rings is 1. The molecule has 0 aliphatic carbocycles. The Hall–Kier alpha value is -0.870. The zero-order valence-corrected chi connectivity index (χ0v) is 14.7. The highest BCUT2D eigenvalue weighted by atomic mass is 35.5. The van der Waals surface area contributed by atoms with Gasteiger partial charge < -0.3 is 5.73 Å². The van der Waals surface area contributed by atoms with Gasteiger partial charge in [-0.05, 0) is 31.0 Å². The number of nitrogen functional groups attached to an aromatic ring is 1. The maximum absolute atomic E-state index is 11.7. The van der Waals surface area contributed by atoms with E-state index in [2.05, 4.69) is 9.44 Å². The predicted molar refractivity (Wildman–Crippen MR) is 91.1 cm³/mol. The zero-order valence-electron chi connectivity index (χ0n) is 12.3. The van der Waals surface area contributed by atoms with Crippen molar-refractivity contribution >= 4 is 38.1 Å². The Bertz CT molecular complexity index is 645. The third kappa shape index (κ3) is 8.54. The molecule has 0 atom stereocenters. The van der Waals surface area contributed by atoms with Crippen LogP contribution in [0.3, 0.4) is 0 Å². The summed E-state index contributed by atoms with van der Waals surface area (Å²) in [5.74, 6) is -0.356. The SMILES string of the molecule is CCS(=O)(=O)NCCS(=O)(=O)NCCc1ccc(N)cc1.Cl. The Morgan fingerprint density at radius 3 is 2.05 bits per heavy atom. The number of anilines is 1. The first-order chi connectivity index (χ1) is 9.74. The molecule has 0 unspecified atom stereocenters. The van der Waals surface area contributed by atoms with Gasteiger partial charge in [0.05, 0.1) is 11.5 Å². The monoisotopic (exact) mass is 371 g/mol. The Morgan fingerprint density at radius 2 is 1.50 bits per heavy atom. The molecule has 0 bridgehead atoms. The molecule has 0 spiro atoms. The number of rotatable bonds is 9. The second-order valence-corrected chi connectivity index (χ2v) is 8.52. The van der Waals surface area contributed by atoms with Gasteiger partial charge in [-0.25, -0.2) is 26.3 Å². The van der Waals surface area contributed by atoms with E-state index in [0.717, 1.165) is 5.56 Å². The molecule has 128 valence electrons. The Kier molecular flexibility index (Phi) is 8.94. The number of nitrogens with one attached hydrogen (secondary N) is 2. The smallest absolute Gasteiger partial charge is 0.212 e. The minimum Gasteiger partial charge on any atom is -0.399 e. The third-order valence-corrected chi connectivity index (χ3v) is 5.58. The van der Waals surface area contributed by atoms with Crippen LogP contribution >= 0.6 is 12.4 Å². The molecule has 22 heavy (non-hydrogen) atoms. The lowest BCUT2D eigenvalue weighted by molar-refractivity contribution is 0.576. The van der Waals surface area contributed by atoms with Gasteiger partial charge in [0, 0.05) is 18.8 Å². The minimum absolute atomic E-state index is 0. The van der Waals surface area contributed by atoms with Crippen LogP contribution in [0.4, 0.5) is 5.69 Å². The fourth-order valence-corrected chi connectivity index (χ4v) is 3.22. The van der Waals surface area contributed by atoms with Crippen molar-refractivity contribution in [2.45, 2.75) is 13.3 Å². The molecule has 0 amide bonds. The van der Waals surface area contributed by atoms with Crippen LogP contribution in [0.15, 0.2) is 24.3 Å². The Morgan fingerprint density at radius 1 is 0.955 bits per heavy atom. The van der Waals surface area contributed by atoms with E-state index in [1.54, 1.807) is 12.1 Å². The fraction of sp³-hybridized carbons (Fsp3) is 0.500. The molecule has 0 heterocycles. The molecule has 1 aromatic rings. The Balaban J connectivity index is 0.00000441. The molecule has 7 nitrogen and oxygen atoms in total. The first kappa shape index (κ1) is 21.1. The summed E-state index contributed by atoms with van der Waals surface area (Å²) in [5, 5.41) is 0. The summed E-state index contributed by atoms with van der Waals surface area (Å²) in [4.78, 5) is 0. The maximum atomic E-state index is 11.7. The first-order valence-electron chi connectivity index (χ1n) is 6.53. The van der Waals surface area contributed by atoms with E-state index >= 15 is 0 Å². The molecule has 0 saturated heterocycles. The molecular formula is C12H22ClN3O4S2. The molecule has 4 N–H and O–H groups in total. The van der Waals surface area contributed by atoms with Gasteiger partial charge >= 0.3 is 0 Å². The van der Waals surface area contributed by atoms with Crippen LogP contribution in [0.5, 0.6) is 0 Å². The summed E-state index contributed by atoms with van der Waals surface area (Å²) in [5.41, 5.74) is 7.18. The molecular weight excluding hydrogens is 350 g/mol. The number of hydrogen-bond acceptors (Lipinski definition) is 5. The highest BCUT2D eigenvalue weighted by molar-refractivity contribution is 7.90. The van der Waals surface area contributed by atoms with Crippen molar-refractivity contribution in [1.29, 1.82) is 0 Å². The summed E-state index contributed by atoms with van der Waals surface area (Å²) < 4.78 is 50.4. The van der Waals surface area contributed by atoms with Gasteiger partial charge in [-0.3, -0.25) is 0 Å². The van der Waals surface area contributed by atoms with E-state index in [1.165, 1.54) is 6.92 Å². The second-order valence-electron chi connectivity index (χ2n) is 4.50. The van der Waals surface area contributed by atoms with Gasteiger partial charge in [-0.15, -0.1) is 12.4 Å². The third-order valence-electron chi connectivity index (χ3n) is 2.79. The van der Waals surface area contributed by atoms with E-state index in [4.69, 9.17) is 5.73 Å². The van der Waals surface area contributed by atoms with Crippen molar-refractivity contribution in [3.05, 3.63) is 29.8 Å². The highest BCUT2D eigenvalue weighted by Crippen LogP contribution is 2.05. The lowest BCUT2D eigenvalue weighted by Crippen LogP contribution is -2.35. The van der Waals surface area contributed by atoms with Gasteiger partial charge in [-0.1, -0.05) is 12.1 Å². The van der Waals surface area contributed by atoms with Crippen molar-refractivity contribution in [2.75, 3.05) is 30.3 Å². The number of nitrogens with two attached hydrogens (primary N) is 1. The van der Waals surface area contributed by atoms with Gasteiger partial charge in [-0.2, -0.15) is 0 Å². The summed E-state index contributed by atoms with van der Waals surface area (Å²) >= 11 is 0. The molecule has 0 radical (unpaired) electrons. The normalized spacial score (nSPS) is 11.9. The van der Waals surface area contributed by atoms with Gasteiger partial charge in [0.2, 0.25) is 20.0 Å². The average molecular weight is 372 g/mol. The molecule has 0 saturated carbocycles. The van der Waals surface area contributed by atoms with Crippen molar-refractivity contribution < 1.29 is 16.8 Å². The van der Waals surface area contributed by atoms with E-state index in [0.29, 0.717) is 12.1 Å². The van der Waals surface area contributed by atoms with E-state index in [-0.39, 0.29) is 37.0 Å². The molecule has 0 aliphatic heterocycles. The van der Waals surface area contributed by atoms with Crippen LogP contribution in [-0.4, -0.2) is 41.4 Å². The van der Waals surface area contributed by atoms with Crippen molar-refractivity contribution in [3.8, 4) is 0 Å². The van der Waals surface area contributed by atoms with Crippen LogP contribution in [0.1, 0.15) is 12.5 Å². The molecule has 0 aromatic heterocycles. The average Bonchev–Trinajstić information content (AvgIpc) is 2.40. The van der Waals surface area contributed by atoms with Gasteiger partial charge in [0.25, 0.3) is 0 Å². The van der Waals surface area contributed by atoms with Gasteiger partial charge in [0.1, 0.15) is 0 Å². The molecule has 1 aromatic carbocycles. The summed E-state index contributed by atoms with van der Waals surface area (Å²) in [6, 6.07) is 7.17. The topological polar surface area (TPSA) is 118 Å². The molecule has 10 heteroatoms. The second kappa shape index (κ2) is 9.31. The highest BCUT2D eigenvalue weighted by Gasteiger charge is 2.12. The zero-order chi connectivity index (χ0) is 15.9. The predicted octanol–water partition coefficient (Wildman–Crippen LogP) is 0.0918. The van der Waals surface area contributed by atoms with E-state index in [1.807, 2.05) is 12.1 Å². The van der Waals surface area contributed by atoms with Crippen LogP contribution in [0.25, 0.3) is 0 Å². The van der Waals surface area contributed by atoms with Crippen molar-refractivity contribution in [2.24, 2.45) is 0 Å². The standard InChI is InChI=1S/C12H21N3O4S2.ClH/c1-2-20(16,17)15-9-10-21(18,19)14-8-7-11-3-5-12(13)6-4-11;/h3-6,14-15H,2,7-10,13H2,1H3;1H. The minimum atomic E-state index is -3.49. The summed E-state index contributed by atoms with van der Waals surface area (Å²) in [6.45, 7) is 1.61. The fourth-order valence-electron chi connectivity index (χ4n) is 1.54.